The number of carboxylic acid groups (broad SMARTS) is 1. The Morgan fingerprint density at radius 2 is 1.51 bits per heavy atom. The molecule has 2 atom stereocenters. The zero-order chi connectivity index (χ0) is 27.2. The maximum absolute atomic E-state index is 13.7. The first-order chi connectivity index (χ1) is 19.0. The van der Waals surface area contributed by atoms with E-state index < -0.39 is 12.2 Å². The number of amides is 2. The number of nitrogens with zero attached hydrogens (tertiary/aromatic N) is 4. The minimum atomic E-state index is -0.972. The van der Waals surface area contributed by atoms with Gasteiger partial charge in [-0.2, -0.15) is 0 Å². The van der Waals surface area contributed by atoms with Crippen LogP contribution in [0.25, 0.3) is 10.9 Å². The van der Waals surface area contributed by atoms with Crippen molar-refractivity contribution in [1.82, 2.24) is 14.9 Å². The lowest BCUT2D eigenvalue weighted by molar-refractivity contribution is 0.100. The standard InChI is InChI=1S/C31H32N4O4/c1-22-27-17-8-9-18-28(27)33-29(32-22)35(31(38)39-21-24-13-6-3-7-14-24)26-16-10-15-25(19-26)34(30(36)37)20-23-11-4-2-5-12-23/h2-9,11-14,17-18,25-26H,10,15-16,19-21H2,1H3,(H,36,37). The molecule has 5 rings (SSSR count). The van der Waals surface area contributed by atoms with E-state index in [2.05, 4.69) is 0 Å². The Morgan fingerprint density at radius 3 is 2.23 bits per heavy atom. The molecule has 8 heteroatoms. The minimum Gasteiger partial charge on any atom is -0.465 e. The molecule has 0 radical (unpaired) electrons. The minimum absolute atomic E-state index is 0.119. The first-order valence-electron chi connectivity index (χ1n) is 13.3. The second-order valence-corrected chi connectivity index (χ2v) is 9.91. The van der Waals surface area contributed by atoms with Gasteiger partial charge in [0, 0.05) is 24.0 Å². The number of fused-ring (bicyclic) bond motifs is 1. The topological polar surface area (TPSA) is 95.9 Å². The number of para-hydroxylation sites is 1. The normalized spacial score (nSPS) is 16.9. The molecule has 0 aliphatic heterocycles. The molecule has 1 fully saturated rings. The van der Waals surface area contributed by atoms with Crippen molar-refractivity contribution in [2.45, 2.75) is 57.8 Å². The van der Waals surface area contributed by atoms with Gasteiger partial charge in [-0.15, -0.1) is 0 Å². The highest BCUT2D eigenvalue weighted by atomic mass is 16.6. The fraction of sp³-hybridized carbons (Fsp3) is 0.290. The van der Waals surface area contributed by atoms with Crippen molar-refractivity contribution in [2.24, 2.45) is 0 Å². The summed E-state index contributed by atoms with van der Waals surface area (Å²) in [6.45, 7) is 2.31. The van der Waals surface area contributed by atoms with Crippen LogP contribution in [0.2, 0.25) is 0 Å². The molecule has 0 bridgehead atoms. The number of hydrogen-bond acceptors (Lipinski definition) is 5. The van der Waals surface area contributed by atoms with Crippen LogP contribution in [0.5, 0.6) is 0 Å². The second-order valence-electron chi connectivity index (χ2n) is 9.91. The molecule has 1 aliphatic rings. The van der Waals surface area contributed by atoms with Gasteiger partial charge in [-0.25, -0.2) is 24.5 Å². The van der Waals surface area contributed by atoms with Crippen molar-refractivity contribution in [3.05, 3.63) is 102 Å². The maximum Gasteiger partial charge on any atom is 0.417 e. The van der Waals surface area contributed by atoms with Crippen LogP contribution in [0.15, 0.2) is 84.9 Å². The van der Waals surface area contributed by atoms with Crippen molar-refractivity contribution in [1.29, 1.82) is 0 Å². The number of hydrogen-bond donors (Lipinski definition) is 1. The molecule has 1 aliphatic carbocycles. The molecule has 1 heterocycles. The van der Waals surface area contributed by atoms with Gasteiger partial charge in [0.2, 0.25) is 5.95 Å². The van der Waals surface area contributed by atoms with Crippen molar-refractivity contribution >= 4 is 29.0 Å². The Balaban J connectivity index is 1.44. The number of aryl methyl sites for hydroxylation is 1. The van der Waals surface area contributed by atoms with Gasteiger partial charge >= 0.3 is 12.2 Å². The van der Waals surface area contributed by atoms with Gasteiger partial charge in [-0.1, -0.05) is 78.9 Å². The van der Waals surface area contributed by atoms with E-state index in [-0.39, 0.29) is 31.2 Å². The summed E-state index contributed by atoms with van der Waals surface area (Å²) in [5.74, 6) is 0.278. The number of rotatable bonds is 7. The fourth-order valence-electron chi connectivity index (χ4n) is 5.30. The third-order valence-corrected chi connectivity index (χ3v) is 7.27. The molecule has 2 amide bonds. The lowest BCUT2D eigenvalue weighted by atomic mass is 9.89. The van der Waals surface area contributed by atoms with Crippen LogP contribution >= 0.6 is 0 Å². The molecule has 2 unspecified atom stereocenters. The highest BCUT2D eigenvalue weighted by Gasteiger charge is 2.37. The zero-order valence-electron chi connectivity index (χ0n) is 21.9. The third kappa shape index (κ3) is 6.17. The quantitative estimate of drug-likeness (QED) is 0.294. The van der Waals surface area contributed by atoms with Crippen LogP contribution in [0.1, 0.15) is 42.5 Å². The molecule has 4 aromatic rings. The Kier molecular flexibility index (Phi) is 8.01. The van der Waals surface area contributed by atoms with E-state index in [1.54, 1.807) is 0 Å². The van der Waals surface area contributed by atoms with Crippen LogP contribution < -0.4 is 4.90 Å². The van der Waals surface area contributed by atoms with Crippen LogP contribution in [0, 0.1) is 6.92 Å². The molecule has 3 aromatic carbocycles. The SMILES string of the molecule is Cc1nc(N(C(=O)OCc2ccccc2)C2CCCC(N(Cc3ccccc3)C(=O)O)C2)nc2ccccc12. The van der Waals surface area contributed by atoms with Crippen molar-refractivity contribution in [3.8, 4) is 0 Å². The van der Waals surface area contributed by atoms with Crippen molar-refractivity contribution in [3.63, 3.8) is 0 Å². The lowest BCUT2D eigenvalue weighted by Crippen LogP contribution is -2.50. The second kappa shape index (κ2) is 11.9. The molecule has 1 saturated carbocycles. The molecular weight excluding hydrogens is 492 g/mol. The van der Waals surface area contributed by atoms with E-state index >= 15 is 0 Å². The van der Waals surface area contributed by atoms with E-state index in [1.165, 1.54) is 9.80 Å². The molecule has 1 N–H and O–H groups in total. The van der Waals surface area contributed by atoms with E-state index in [4.69, 9.17) is 14.7 Å². The monoisotopic (exact) mass is 524 g/mol. The van der Waals surface area contributed by atoms with Crippen molar-refractivity contribution < 1.29 is 19.4 Å². The predicted molar refractivity (Wildman–Crippen MR) is 149 cm³/mol. The summed E-state index contributed by atoms with van der Waals surface area (Å²) in [5.41, 5.74) is 3.31. The lowest BCUT2D eigenvalue weighted by Gasteiger charge is -2.39. The maximum atomic E-state index is 13.7. The summed E-state index contributed by atoms with van der Waals surface area (Å²) >= 11 is 0. The average molecular weight is 525 g/mol. The molecule has 1 aromatic heterocycles. The summed E-state index contributed by atoms with van der Waals surface area (Å²) in [7, 11) is 0. The first-order valence-corrected chi connectivity index (χ1v) is 13.3. The molecule has 0 spiro atoms. The van der Waals surface area contributed by atoms with E-state index in [9.17, 15) is 14.7 Å². The Labute approximate surface area is 227 Å². The number of anilines is 1. The smallest absolute Gasteiger partial charge is 0.417 e. The molecular formula is C31H32N4O4. The number of carbonyl (C=O) groups excluding carboxylic acids is 1. The van der Waals surface area contributed by atoms with Crippen LogP contribution in [0.4, 0.5) is 15.5 Å². The summed E-state index contributed by atoms with van der Waals surface area (Å²) in [4.78, 5) is 38.5. The summed E-state index contributed by atoms with van der Waals surface area (Å²) in [6, 6.07) is 26.2. The predicted octanol–water partition coefficient (Wildman–Crippen LogP) is 6.57. The molecule has 0 saturated heterocycles. The Hall–Kier alpha value is -4.46. The first kappa shape index (κ1) is 26.2. The number of ether oxygens (including phenoxy) is 1. The van der Waals surface area contributed by atoms with Crippen LogP contribution in [-0.2, 0) is 17.9 Å². The number of benzene rings is 3. The van der Waals surface area contributed by atoms with E-state index in [1.807, 2.05) is 91.9 Å². The van der Waals surface area contributed by atoms with E-state index in [0.717, 1.165) is 40.6 Å². The summed E-state index contributed by atoms with van der Waals surface area (Å²) in [6.07, 6.45) is 1.15. The van der Waals surface area contributed by atoms with Crippen LogP contribution in [0.3, 0.4) is 0 Å². The summed E-state index contributed by atoms with van der Waals surface area (Å²) < 4.78 is 5.77. The Morgan fingerprint density at radius 1 is 0.872 bits per heavy atom. The van der Waals surface area contributed by atoms with Gasteiger partial charge in [0.15, 0.2) is 0 Å². The fourth-order valence-corrected chi connectivity index (χ4v) is 5.30. The highest BCUT2D eigenvalue weighted by Crippen LogP contribution is 2.31. The number of aromatic nitrogens is 2. The summed E-state index contributed by atoms with van der Waals surface area (Å²) in [5, 5.41) is 11.0. The van der Waals surface area contributed by atoms with Crippen LogP contribution in [-0.4, -0.2) is 44.2 Å². The molecule has 8 nitrogen and oxygen atoms in total. The zero-order valence-corrected chi connectivity index (χ0v) is 21.9. The van der Waals surface area contributed by atoms with E-state index in [0.29, 0.717) is 12.8 Å². The van der Waals surface area contributed by atoms with Gasteiger partial charge in [0.05, 0.1) is 11.2 Å². The Bertz CT molecular complexity index is 1430. The van der Waals surface area contributed by atoms with Crippen molar-refractivity contribution in [2.75, 3.05) is 4.90 Å². The average Bonchev–Trinajstić information content (AvgIpc) is 2.96. The highest BCUT2D eigenvalue weighted by molar-refractivity contribution is 5.89. The van der Waals surface area contributed by atoms with Gasteiger partial charge in [-0.3, -0.25) is 0 Å². The third-order valence-electron chi connectivity index (χ3n) is 7.27. The number of carbonyl (C=O) groups is 2. The molecule has 200 valence electrons. The largest absolute Gasteiger partial charge is 0.465 e. The van der Waals surface area contributed by atoms with Gasteiger partial charge < -0.3 is 14.7 Å². The molecule has 39 heavy (non-hydrogen) atoms. The van der Waals surface area contributed by atoms with Gasteiger partial charge in [0.1, 0.15) is 6.61 Å². The van der Waals surface area contributed by atoms with Gasteiger partial charge in [-0.05, 0) is 49.8 Å². The van der Waals surface area contributed by atoms with Gasteiger partial charge in [0.25, 0.3) is 0 Å².